The summed E-state index contributed by atoms with van der Waals surface area (Å²) in [6.45, 7) is 3.11. The van der Waals surface area contributed by atoms with E-state index in [1.54, 1.807) is 0 Å². The van der Waals surface area contributed by atoms with Crippen molar-refractivity contribution in [1.29, 1.82) is 0 Å². The van der Waals surface area contributed by atoms with E-state index in [4.69, 9.17) is 0 Å². The fourth-order valence-electron chi connectivity index (χ4n) is 1.82. The molecule has 1 heterocycles. The lowest BCUT2D eigenvalue weighted by molar-refractivity contribution is 0.102. The molecule has 0 spiro atoms. The van der Waals surface area contributed by atoms with Gasteiger partial charge in [0.2, 0.25) is 0 Å². The molecule has 1 N–H and O–H groups in total. The van der Waals surface area contributed by atoms with Gasteiger partial charge in [-0.25, -0.2) is 0 Å². The van der Waals surface area contributed by atoms with Gasteiger partial charge in [-0.3, -0.25) is 4.79 Å². The van der Waals surface area contributed by atoms with Gasteiger partial charge < -0.3 is 5.32 Å². The van der Waals surface area contributed by atoms with Crippen molar-refractivity contribution < 1.29 is 4.79 Å². The second-order valence-electron chi connectivity index (χ2n) is 4.08. The summed E-state index contributed by atoms with van der Waals surface area (Å²) in [5, 5.41) is 3.15. The highest BCUT2D eigenvalue weighted by molar-refractivity contribution is 6.08. The molecule has 2 heteroatoms. The highest BCUT2D eigenvalue weighted by Gasteiger charge is 2.17. The molecule has 0 bridgehead atoms. The summed E-state index contributed by atoms with van der Waals surface area (Å²) in [5.74, 6) is 0.687. The Morgan fingerprint density at radius 1 is 1.33 bits per heavy atom. The number of carbonyl (C=O) groups excluding carboxylic acids is 1. The van der Waals surface area contributed by atoms with E-state index in [1.807, 2.05) is 36.5 Å². The molecule has 78 valence electrons. The van der Waals surface area contributed by atoms with E-state index >= 15 is 0 Å². The Kier molecular flexibility index (Phi) is 2.86. The van der Waals surface area contributed by atoms with Crippen LogP contribution in [0.2, 0.25) is 0 Å². The predicted molar refractivity (Wildman–Crippen MR) is 60.6 cm³/mol. The van der Waals surface area contributed by atoms with Gasteiger partial charge in [0.05, 0.1) is 0 Å². The zero-order valence-corrected chi connectivity index (χ0v) is 8.86. The summed E-state index contributed by atoms with van der Waals surface area (Å²) in [6.07, 6.45) is 2.73. The average Bonchev–Trinajstić information content (AvgIpc) is 2.29. The lowest BCUT2D eigenvalue weighted by atomic mass is 9.93. The number of Topliss-reactive ketones (excluding diaryl/α,β-unsaturated/α-hetero) is 1. The Labute approximate surface area is 90.0 Å². The molecular formula is C13H15NO. The van der Waals surface area contributed by atoms with Gasteiger partial charge in [-0.1, -0.05) is 37.3 Å². The van der Waals surface area contributed by atoms with Gasteiger partial charge in [-0.2, -0.15) is 0 Å². The molecule has 1 atom stereocenters. The van der Waals surface area contributed by atoms with E-state index in [1.165, 1.54) is 0 Å². The third kappa shape index (κ3) is 2.27. The molecule has 15 heavy (non-hydrogen) atoms. The van der Waals surface area contributed by atoms with Crippen LogP contribution in [-0.2, 0) is 0 Å². The van der Waals surface area contributed by atoms with Gasteiger partial charge in [-0.15, -0.1) is 0 Å². The molecule has 1 aromatic carbocycles. The maximum atomic E-state index is 12.0. The molecule has 0 aromatic heterocycles. The first-order valence-electron chi connectivity index (χ1n) is 5.29. The first kappa shape index (κ1) is 9.97. The normalized spacial score (nSPS) is 20.3. The molecule has 0 aliphatic carbocycles. The summed E-state index contributed by atoms with van der Waals surface area (Å²) in [5.41, 5.74) is 1.67. The topological polar surface area (TPSA) is 29.1 Å². The third-order valence-corrected chi connectivity index (χ3v) is 2.64. The largest absolute Gasteiger partial charge is 0.390 e. The molecule has 1 aliphatic heterocycles. The molecule has 2 rings (SSSR count). The van der Waals surface area contributed by atoms with Crippen LogP contribution in [0.25, 0.3) is 0 Å². The number of carbonyl (C=O) groups is 1. The van der Waals surface area contributed by atoms with Crippen molar-refractivity contribution in [3.63, 3.8) is 0 Å². The van der Waals surface area contributed by atoms with Crippen molar-refractivity contribution in [2.45, 2.75) is 13.3 Å². The monoisotopic (exact) mass is 201 g/mol. The number of nitrogens with one attached hydrogen (secondary N) is 1. The summed E-state index contributed by atoms with van der Waals surface area (Å²) in [4.78, 5) is 12.0. The van der Waals surface area contributed by atoms with E-state index in [0.717, 1.165) is 24.1 Å². The number of rotatable bonds is 2. The fourth-order valence-corrected chi connectivity index (χ4v) is 1.82. The second kappa shape index (κ2) is 4.30. The third-order valence-electron chi connectivity index (χ3n) is 2.64. The van der Waals surface area contributed by atoms with Crippen LogP contribution in [0.5, 0.6) is 0 Å². The lowest BCUT2D eigenvalue weighted by Gasteiger charge is -2.19. The summed E-state index contributed by atoms with van der Waals surface area (Å²) in [7, 11) is 0. The molecule has 1 aromatic rings. The van der Waals surface area contributed by atoms with Gasteiger partial charge in [0.15, 0.2) is 5.78 Å². The smallest absolute Gasteiger partial charge is 0.190 e. The SMILES string of the molecule is CC1CNC=C(C(=O)c2ccccc2)C1. The first-order valence-corrected chi connectivity index (χ1v) is 5.29. The number of hydrogen-bond acceptors (Lipinski definition) is 2. The number of benzene rings is 1. The Balaban J connectivity index is 2.18. The molecule has 0 fully saturated rings. The first-order chi connectivity index (χ1) is 7.27. The highest BCUT2D eigenvalue weighted by Crippen LogP contribution is 2.18. The quantitative estimate of drug-likeness (QED) is 0.744. The molecule has 0 amide bonds. The molecule has 0 radical (unpaired) electrons. The summed E-state index contributed by atoms with van der Waals surface area (Å²) < 4.78 is 0. The second-order valence-corrected chi connectivity index (χ2v) is 4.08. The van der Waals surface area contributed by atoms with Crippen LogP contribution in [0.3, 0.4) is 0 Å². The van der Waals surface area contributed by atoms with Crippen molar-refractivity contribution in [3.05, 3.63) is 47.7 Å². The Hall–Kier alpha value is -1.57. The van der Waals surface area contributed by atoms with Crippen LogP contribution in [0.4, 0.5) is 0 Å². The molecule has 0 saturated heterocycles. The van der Waals surface area contributed by atoms with Crippen molar-refractivity contribution >= 4 is 5.78 Å². The lowest BCUT2D eigenvalue weighted by Crippen LogP contribution is -2.24. The molecular weight excluding hydrogens is 186 g/mol. The van der Waals surface area contributed by atoms with Crippen molar-refractivity contribution in [1.82, 2.24) is 5.32 Å². The summed E-state index contributed by atoms with van der Waals surface area (Å²) >= 11 is 0. The van der Waals surface area contributed by atoms with E-state index in [-0.39, 0.29) is 5.78 Å². The van der Waals surface area contributed by atoms with Crippen molar-refractivity contribution in [2.75, 3.05) is 6.54 Å². The van der Waals surface area contributed by atoms with Crippen molar-refractivity contribution in [3.8, 4) is 0 Å². The fraction of sp³-hybridized carbons (Fsp3) is 0.308. The van der Waals surface area contributed by atoms with Crippen molar-refractivity contribution in [2.24, 2.45) is 5.92 Å². The summed E-state index contributed by atoms with van der Waals surface area (Å²) in [6, 6.07) is 9.44. The van der Waals surface area contributed by atoms with Crippen LogP contribution >= 0.6 is 0 Å². The molecule has 0 saturated carbocycles. The molecule has 1 aliphatic rings. The highest BCUT2D eigenvalue weighted by atomic mass is 16.1. The van der Waals surface area contributed by atoms with Gasteiger partial charge in [0, 0.05) is 23.9 Å². The Morgan fingerprint density at radius 2 is 2.07 bits per heavy atom. The standard InChI is InChI=1S/C13H15NO/c1-10-7-12(9-14-8-10)13(15)11-5-3-2-4-6-11/h2-6,9-10,14H,7-8H2,1H3. The number of ketones is 1. The minimum Gasteiger partial charge on any atom is -0.390 e. The van der Waals surface area contributed by atoms with Crippen LogP contribution in [0.15, 0.2) is 42.1 Å². The maximum absolute atomic E-state index is 12.0. The zero-order valence-electron chi connectivity index (χ0n) is 8.86. The van der Waals surface area contributed by atoms with Crippen LogP contribution in [0.1, 0.15) is 23.7 Å². The van der Waals surface area contributed by atoms with Gasteiger partial charge in [0.1, 0.15) is 0 Å². The number of allylic oxidation sites excluding steroid dienone is 1. The van der Waals surface area contributed by atoms with E-state index < -0.39 is 0 Å². The number of hydrogen-bond donors (Lipinski definition) is 1. The Morgan fingerprint density at radius 3 is 2.73 bits per heavy atom. The maximum Gasteiger partial charge on any atom is 0.190 e. The van der Waals surface area contributed by atoms with Crippen LogP contribution in [0, 0.1) is 5.92 Å². The predicted octanol–water partition coefficient (Wildman–Crippen LogP) is 2.38. The van der Waals surface area contributed by atoms with Gasteiger partial charge >= 0.3 is 0 Å². The van der Waals surface area contributed by atoms with E-state index in [2.05, 4.69) is 12.2 Å². The van der Waals surface area contributed by atoms with Crippen LogP contribution in [-0.4, -0.2) is 12.3 Å². The minimum atomic E-state index is 0.148. The Bertz CT molecular complexity index is 381. The average molecular weight is 201 g/mol. The van der Waals surface area contributed by atoms with Gasteiger partial charge in [-0.05, 0) is 12.3 Å². The van der Waals surface area contributed by atoms with Crippen LogP contribution < -0.4 is 5.32 Å². The molecule has 1 unspecified atom stereocenters. The van der Waals surface area contributed by atoms with E-state index in [9.17, 15) is 4.79 Å². The zero-order chi connectivity index (χ0) is 10.7. The van der Waals surface area contributed by atoms with Gasteiger partial charge in [0.25, 0.3) is 0 Å². The minimum absolute atomic E-state index is 0.148. The molecule has 2 nitrogen and oxygen atoms in total. The van der Waals surface area contributed by atoms with E-state index in [0.29, 0.717) is 5.92 Å².